The minimum absolute atomic E-state index is 0.151. The number of nitrogens with two attached hydrogens (primary N) is 1. The van der Waals surface area contributed by atoms with Crippen molar-refractivity contribution in [2.24, 2.45) is 0 Å². The third-order valence-electron chi connectivity index (χ3n) is 5.39. The summed E-state index contributed by atoms with van der Waals surface area (Å²) in [5, 5.41) is 2.95. The van der Waals surface area contributed by atoms with Gasteiger partial charge in [0.25, 0.3) is 5.91 Å². The second-order valence-electron chi connectivity index (χ2n) is 7.65. The first-order chi connectivity index (χ1) is 15.4. The topological polar surface area (TPSA) is 85.8 Å². The molecule has 0 spiro atoms. The highest BCUT2D eigenvalue weighted by Gasteiger charge is 2.26. The first-order valence-electron chi connectivity index (χ1n) is 10.5. The van der Waals surface area contributed by atoms with Crippen molar-refractivity contribution >= 4 is 28.6 Å². The summed E-state index contributed by atoms with van der Waals surface area (Å²) in [5.74, 6) is 0.0637. The van der Waals surface area contributed by atoms with E-state index in [1.165, 1.54) is 0 Å². The van der Waals surface area contributed by atoms with E-state index in [1.54, 1.807) is 47.0 Å². The molecule has 0 saturated carbocycles. The van der Waals surface area contributed by atoms with E-state index in [4.69, 9.17) is 10.5 Å². The number of nitrogen functional groups attached to an aromatic ring is 1. The molecule has 162 valence electrons. The van der Waals surface area contributed by atoms with Crippen LogP contribution in [0, 0.1) is 13.8 Å². The average Bonchev–Trinajstić information content (AvgIpc) is 3.08. The maximum Gasteiger partial charge on any atom is 0.259 e. The second kappa shape index (κ2) is 8.59. The summed E-state index contributed by atoms with van der Waals surface area (Å²) in [6.45, 7) is 6.34. The van der Waals surface area contributed by atoms with Gasteiger partial charge >= 0.3 is 0 Å². The summed E-state index contributed by atoms with van der Waals surface area (Å²) >= 11 is 0. The van der Waals surface area contributed by atoms with Gasteiger partial charge in [-0.3, -0.25) is 9.59 Å². The monoisotopic (exact) mass is 427 g/mol. The van der Waals surface area contributed by atoms with Crippen LogP contribution < -0.4 is 15.8 Å². The number of nitrogens with one attached hydrogen (secondary N) is 1. The maximum atomic E-state index is 13.4. The van der Waals surface area contributed by atoms with E-state index in [2.05, 4.69) is 5.32 Å². The summed E-state index contributed by atoms with van der Waals surface area (Å²) in [7, 11) is 0. The van der Waals surface area contributed by atoms with Crippen LogP contribution in [0.5, 0.6) is 5.75 Å². The third-order valence-corrected chi connectivity index (χ3v) is 5.39. The number of fused-ring (bicyclic) bond motifs is 1. The van der Waals surface area contributed by atoms with Crippen LogP contribution in [-0.2, 0) is 0 Å². The van der Waals surface area contributed by atoms with Crippen molar-refractivity contribution in [3.05, 3.63) is 94.8 Å². The second-order valence-corrected chi connectivity index (χ2v) is 7.65. The van der Waals surface area contributed by atoms with Crippen molar-refractivity contribution in [2.75, 3.05) is 17.7 Å². The van der Waals surface area contributed by atoms with Crippen molar-refractivity contribution in [3.8, 4) is 5.75 Å². The van der Waals surface area contributed by atoms with Crippen LogP contribution in [0.2, 0.25) is 0 Å². The van der Waals surface area contributed by atoms with Crippen molar-refractivity contribution in [1.29, 1.82) is 0 Å². The summed E-state index contributed by atoms with van der Waals surface area (Å²) in [5.41, 5.74) is 10.8. The number of hydrogen-bond acceptors (Lipinski definition) is 4. The average molecular weight is 428 g/mol. The Balaban J connectivity index is 1.77. The highest BCUT2D eigenvalue weighted by Crippen LogP contribution is 2.30. The number of aryl methyl sites for hydroxylation is 2. The lowest BCUT2D eigenvalue weighted by Gasteiger charge is -2.09. The van der Waals surface area contributed by atoms with Crippen LogP contribution in [0.25, 0.3) is 5.52 Å². The van der Waals surface area contributed by atoms with E-state index in [-0.39, 0.29) is 28.6 Å². The quantitative estimate of drug-likeness (QED) is 0.423. The molecule has 0 aliphatic heterocycles. The smallest absolute Gasteiger partial charge is 0.259 e. The largest absolute Gasteiger partial charge is 0.494 e. The van der Waals surface area contributed by atoms with Gasteiger partial charge in [-0.1, -0.05) is 18.2 Å². The predicted molar refractivity (Wildman–Crippen MR) is 127 cm³/mol. The number of carbonyl (C=O) groups excluding carboxylic acids is 2. The van der Waals surface area contributed by atoms with E-state index in [0.717, 1.165) is 11.1 Å². The van der Waals surface area contributed by atoms with E-state index in [9.17, 15) is 9.59 Å². The molecule has 0 saturated heterocycles. The van der Waals surface area contributed by atoms with E-state index < -0.39 is 0 Å². The highest BCUT2D eigenvalue weighted by atomic mass is 16.5. The van der Waals surface area contributed by atoms with Crippen LogP contribution in [0.1, 0.15) is 44.5 Å². The molecule has 4 aromatic rings. The van der Waals surface area contributed by atoms with Gasteiger partial charge < -0.3 is 20.2 Å². The van der Waals surface area contributed by atoms with Gasteiger partial charge in [0, 0.05) is 17.4 Å². The number of nitrogens with zero attached hydrogens (tertiary/aromatic N) is 1. The van der Waals surface area contributed by atoms with Crippen LogP contribution in [0.15, 0.2) is 66.9 Å². The molecule has 2 aromatic heterocycles. The molecule has 6 nitrogen and oxygen atoms in total. The molecular formula is C26H25N3O3. The number of hydrogen-bond donors (Lipinski definition) is 2. The molecule has 0 aliphatic rings. The molecular weight excluding hydrogens is 402 g/mol. The fourth-order valence-corrected chi connectivity index (χ4v) is 3.76. The lowest BCUT2D eigenvalue weighted by molar-refractivity contribution is 0.102. The van der Waals surface area contributed by atoms with Crippen LogP contribution in [0.3, 0.4) is 0 Å². The van der Waals surface area contributed by atoms with E-state index >= 15 is 0 Å². The molecule has 6 heteroatoms. The van der Waals surface area contributed by atoms with Crippen LogP contribution in [-0.4, -0.2) is 22.7 Å². The standard InChI is InChI=1S/C26H25N3O3/c1-4-32-19-12-10-18(11-13-19)25(30)24-23(27)22(21-7-5-6-14-29(21)24)26(31)28-20-15-16(2)8-9-17(20)3/h5-15H,4,27H2,1-3H3,(H,28,31). The van der Waals surface area contributed by atoms with Crippen molar-refractivity contribution < 1.29 is 14.3 Å². The van der Waals surface area contributed by atoms with Gasteiger partial charge in [-0.05, 0) is 74.4 Å². The molecule has 0 unspecified atom stereocenters. The number of pyridine rings is 1. The van der Waals surface area contributed by atoms with E-state index in [0.29, 0.717) is 29.1 Å². The molecule has 0 atom stereocenters. The van der Waals surface area contributed by atoms with Gasteiger partial charge in [0.05, 0.1) is 23.4 Å². The Morgan fingerprint density at radius 2 is 1.78 bits per heavy atom. The first kappa shape index (κ1) is 21.2. The molecule has 2 aromatic carbocycles. The molecule has 3 N–H and O–H groups in total. The number of benzene rings is 2. The van der Waals surface area contributed by atoms with Gasteiger partial charge in [-0.15, -0.1) is 0 Å². The van der Waals surface area contributed by atoms with Crippen LogP contribution in [0.4, 0.5) is 11.4 Å². The van der Waals surface area contributed by atoms with Gasteiger partial charge in [0.2, 0.25) is 5.78 Å². The van der Waals surface area contributed by atoms with Crippen LogP contribution >= 0.6 is 0 Å². The SMILES string of the molecule is CCOc1ccc(C(=O)c2c(N)c(C(=O)Nc3cc(C)ccc3C)c3ccccn23)cc1. The number of ketones is 1. The van der Waals surface area contributed by atoms with Crippen molar-refractivity contribution in [3.63, 3.8) is 0 Å². The normalized spacial score (nSPS) is 10.8. The van der Waals surface area contributed by atoms with E-state index in [1.807, 2.05) is 45.0 Å². The lowest BCUT2D eigenvalue weighted by Crippen LogP contribution is -2.15. The van der Waals surface area contributed by atoms with Gasteiger partial charge in [-0.25, -0.2) is 0 Å². The summed E-state index contributed by atoms with van der Waals surface area (Å²) in [6.07, 6.45) is 1.74. The molecule has 0 aliphatic carbocycles. The number of anilines is 2. The third kappa shape index (κ3) is 3.83. The number of ether oxygens (including phenoxy) is 1. The zero-order valence-corrected chi connectivity index (χ0v) is 18.3. The first-order valence-corrected chi connectivity index (χ1v) is 10.5. The zero-order chi connectivity index (χ0) is 22.8. The fourth-order valence-electron chi connectivity index (χ4n) is 3.76. The molecule has 0 bridgehead atoms. The number of aromatic nitrogens is 1. The minimum atomic E-state index is -0.356. The maximum absolute atomic E-state index is 13.4. The Kier molecular flexibility index (Phi) is 5.69. The molecule has 32 heavy (non-hydrogen) atoms. The molecule has 1 amide bonds. The Labute approximate surface area is 186 Å². The Morgan fingerprint density at radius 1 is 1.03 bits per heavy atom. The van der Waals surface area contributed by atoms with Gasteiger partial charge in [0.15, 0.2) is 0 Å². The Hall–Kier alpha value is -4.06. The Morgan fingerprint density at radius 3 is 2.50 bits per heavy atom. The molecule has 0 radical (unpaired) electrons. The molecule has 2 heterocycles. The summed E-state index contributed by atoms with van der Waals surface area (Å²) < 4.78 is 7.13. The number of rotatable bonds is 6. The minimum Gasteiger partial charge on any atom is -0.494 e. The lowest BCUT2D eigenvalue weighted by atomic mass is 10.1. The molecule has 0 fully saturated rings. The van der Waals surface area contributed by atoms with Crippen molar-refractivity contribution in [1.82, 2.24) is 4.40 Å². The summed E-state index contributed by atoms with van der Waals surface area (Å²) in [4.78, 5) is 26.6. The number of carbonyl (C=O) groups is 2. The highest BCUT2D eigenvalue weighted by molar-refractivity contribution is 6.20. The van der Waals surface area contributed by atoms with Gasteiger partial charge in [-0.2, -0.15) is 0 Å². The zero-order valence-electron chi connectivity index (χ0n) is 18.3. The number of amides is 1. The fraction of sp³-hybridized carbons (Fsp3) is 0.154. The summed E-state index contributed by atoms with van der Waals surface area (Å²) in [6, 6.07) is 18.1. The van der Waals surface area contributed by atoms with Crippen molar-refractivity contribution in [2.45, 2.75) is 20.8 Å². The predicted octanol–water partition coefficient (Wildman–Crippen LogP) is 5.02. The van der Waals surface area contributed by atoms with Gasteiger partial charge in [0.1, 0.15) is 11.4 Å². The molecule has 4 rings (SSSR count). The Bertz CT molecular complexity index is 1320.